The average Bonchev–Trinajstić information content (AvgIpc) is 2.65. The summed E-state index contributed by atoms with van der Waals surface area (Å²) in [5.41, 5.74) is 5.42. The van der Waals surface area contributed by atoms with Gasteiger partial charge in [0.05, 0.1) is 6.10 Å². The lowest BCUT2D eigenvalue weighted by atomic mass is 9.84. The van der Waals surface area contributed by atoms with Crippen molar-refractivity contribution in [2.24, 2.45) is 23.5 Å². The third-order valence-corrected chi connectivity index (χ3v) is 3.96. The summed E-state index contributed by atoms with van der Waals surface area (Å²) in [5, 5.41) is 9.66. The second-order valence-electron chi connectivity index (χ2n) is 4.90. The van der Waals surface area contributed by atoms with E-state index in [0.29, 0.717) is 6.54 Å². The smallest absolute Gasteiger partial charge is 0.0555 e. The average molecular weight is 183 g/mol. The monoisotopic (exact) mass is 183 g/mol. The molecule has 0 aliphatic heterocycles. The predicted octanol–water partition coefficient (Wildman–Crippen LogP) is 1.52. The van der Waals surface area contributed by atoms with Gasteiger partial charge in [-0.15, -0.1) is 0 Å². The van der Waals surface area contributed by atoms with Crippen molar-refractivity contribution in [1.29, 1.82) is 0 Å². The number of fused-ring (bicyclic) bond motifs is 2. The van der Waals surface area contributed by atoms with Crippen molar-refractivity contribution < 1.29 is 5.11 Å². The van der Waals surface area contributed by atoms with Gasteiger partial charge < -0.3 is 10.8 Å². The van der Waals surface area contributed by atoms with Crippen LogP contribution in [0.3, 0.4) is 0 Å². The van der Waals surface area contributed by atoms with Gasteiger partial charge in [-0.05, 0) is 56.4 Å². The van der Waals surface area contributed by atoms with Crippen molar-refractivity contribution in [2.75, 3.05) is 6.54 Å². The summed E-state index contributed by atoms with van der Waals surface area (Å²) in [6, 6.07) is 0. The Morgan fingerprint density at radius 1 is 1.31 bits per heavy atom. The van der Waals surface area contributed by atoms with Crippen molar-refractivity contribution in [3.63, 3.8) is 0 Å². The lowest BCUT2D eigenvalue weighted by Gasteiger charge is -2.23. The molecule has 2 aliphatic rings. The van der Waals surface area contributed by atoms with Gasteiger partial charge in [0.25, 0.3) is 0 Å². The molecule has 76 valence electrons. The fourth-order valence-corrected chi connectivity index (χ4v) is 3.32. The number of nitrogens with two attached hydrogens (primary N) is 1. The summed E-state index contributed by atoms with van der Waals surface area (Å²) < 4.78 is 0. The first-order valence-electron chi connectivity index (χ1n) is 5.67. The Labute approximate surface area is 80.5 Å². The van der Waals surface area contributed by atoms with Gasteiger partial charge in [0.2, 0.25) is 0 Å². The Balaban J connectivity index is 1.76. The van der Waals surface area contributed by atoms with E-state index in [0.717, 1.165) is 30.6 Å². The van der Waals surface area contributed by atoms with Crippen molar-refractivity contribution in [1.82, 2.24) is 0 Å². The molecule has 2 fully saturated rings. The molecule has 2 heteroatoms. The number of aliphatic hydroxyl groups is 1. The van der Waals surface area contributed by atoms with Gasteiger partial charge in [0, 0.05) is 0 Å². The molecule has 2 bridgehead atoms. The number of hydrogen-bond donors (Lipinski definition) is 2. The van der Waals surface area contributed by atoms with Gasteiger partial charge >= 0.3 is 0 Å². The molecule has 2 aliphatic carbocycles. The van der Waals surface area contributed by atoms with Crippen LogP contribution in [0.25, 0.3) is 0 Å². The van der Waals surface area contributed by atoms with Gasteiger partial charge in [0.15, 0.2) is 0 Å². The van der Waals surface area contributed by atoms with E-state index in [1.54, 1.807) is 0 Å². The molecular weight excluding hydrogens is 162 g/mol. The van der Waals surface area contributed by atoms with Crippen LogP contribution in [0, 0.1) is 17.8 Å². The standard InChI is InChI=1S/C11H21NO/c12-4-3-11(13)7-10-6-8-1-2-9(10)5-8/h8-11,13H,1-7,12H2. The third kappa shape index (κ3) is 2.05. The van der Waals surface area contributed by atoms with Gasteiger partial charge in [-0.3, -0.25) is 0 Å². The van der Waals surface area contributed by atoms with Crippen LogP contribution in [0.2, 0.25) is 0 Å². The third-order valence-electron chi connectivity index (χ3n) is 3.96. The van der Waals surface area contributed by atoms with Crippen LogP contribution < -0.4 is 5.73 Å². The SMILES string of the molecule is NCCC(O)CC1CC2CCC1C2. The van der Waals surface area contributed by atoms with Gasteiger partial charge in [-0.25, -0.2) is 0 Å². The maximum Gasteiger partial charge on any atom is 0.0555 e. The Bertz CT molecular complexity index is 171. The quantitative estimate of drug-likeness (QED) is 0.694. The van der Waals surface area contributed by atoms with E-state index in [1.807, 2.05) is 0 Å². The van der Waals surface area contributed by atoms with Crippen LogP contribution in [-0.2, 0) is 0 Å². The van der Waals surface area contributed by atoms with Crippen molar-refractivity contribution in [3.8, 4) is 0 Å². The molecule has 0 aromatic rings. The highest BCUT2D eigenvalue weighted by Gasteiger charge is 2.39. The summed E-state index contributed by atoms with van der Waals surface area (Å²) in [6.07, 6.45) is 7.37. The van der Waals surface area contributed by atoms with E-state index in [9.17, 15) is 5.11 Å². The van der Waals surface area contributed by atoms with Crippen LogP contribution in [0.5, 0.6) is 0 Å². The number of hydrogen-bond acceptors (Lipinski definition) is 2. The lowest BCUT2D eigenvalue weighted by Crippen LogP contribution is -2.20. The zero-order valence-corrected chi connectivity index (χ0v) is 8.28. The van der Waals surface area contributed by atoms with E-state index in [4.69, 9.17) is 5.73 Å². The highest BCUT2D eigenvalue weighted by molar-refractivity contribution is 4.90. The van der Waals surface area contributed by atoms with Crippen molar-refractivity contribution in [2.45, 2.75) is 44.6 Å². The fourth-order valence-electron chi connectivity index (χ4n) is 3.32. The largest absolute Gasteiger partial charge is 0.393 e. The Kier molecular flexibility index (Phi) is 2.89. The zero-order valence-electron chi connectivity index (χ0n) is 8.28. The first-order chi connectivity index (χ1) is 6.29. The van der Waals surface area contributed by atoms with E-state index in [1.165, 1.54) is 25.7 Å². The molecule has 2 rings (SSSR count). The topological polar surface area (TPSA) is 46.2 Å². The van der Waals surface area contributed by atoms with E-state index >= 15 is 0 Å². The minimum Gasteiger partial charge on any atom is -0.393 e. The zero-order chi connectivity index (χ0) is 9.26. The van der Waals surface area contributed by atoms with Gasteiger partial charge in [-0.2, -0.15) is 0 Å². The summed E-state index contributed by atoms with van der Waals surface area (Å²) >= 11 is 0. The van der Waals surface area contributed by atoms with E-state index in [-0.39, 0.29) is 6.10 Å². The minimum atomic E-state index is -0.130. The first kappa shape index (κ1) is 9.47. The summed E-state index contributed by atoms with van der Waals surface area (Å²) in [7, 11) is 0. The summed E-state index contributed by atoms with van der Waals surface area (Å²) in [6.45, 7) is 0.627. The van der Waals surface area contributed by atoms with E-state index < -0.39 is 0 Å². The fraction of sp³-hybridized carbons (Fsp3) is 1.00. The second kappa shape index (κ2) is 3.97. The molecule has 0 aromatic carbocycles. The molecule has 0 heterocycles. The normalized spacial score (nSPS) is 39.7. The molecule has 0 aromatic heterocycles. The molecule has 0 amide bonds. The van der Waals surface area contributed by atoms with Crippen LogP contribution >= 0.6 is 0 Å². The first-order valence-corrected chi connectivity index (χ1v) is 5.67. The Hall–Kier alpha value is -0.0800. The van der Waals surface area contributed by atoms with Crippen LogP contribution in [-0.4, -0.2) is 17.8 Å². The van der Waals surface area contributed by atoms with Crippen LogP contribution in [0.1, 0.15) is 38.5 Å². The minimum absolute atomic E-state index is 0.130. The molecule has 0 radical (unpaired) electrons. The Morgan fingerprint density at radius 3 is 2.69 bits per heavy atom. The molecule has 3 N–H and O–H groups in total. The molecule has 2 saturated carbocycles. The lowest BCUT2D eigenvalue weighted by molar-refractivity contribution is 0.119. The molecule has 4 atom stereocenters. The molecular formula is C11H21NO. The van der Waals surface area contributed by atoms with Crippen LogP contribution in [0.4, 0.5) is 0 Å². The summed E-state index contributed by atoms with van der Waals surface area (Å²) in [4.78, 5) is 0. The Morgan fingerprint density at radius 2 is 2.15 bits per heavy atom. The number of rotatable bonds is 4. The number of aliphatic hydroxyl groups excluding tert-OH is 1. The maximum absolute atomic E-state index is 9.66. The highest BCUT2D eigenvalue weighted by Crippen LogP contribution is 2.49. The molecule has 13 heavy (non-hydrogen) atoms. The van der Waals surface area contributed by atoms with Crippen molar-refractivity contribution in [3.05, 3.63) is 0 Å². The predicted molar refractivity (Wildman–Crippen MR) is 53.2 cm³/mol. The highest BCUT2D eigenvalue weighted by atomic mass is 16.3. The van der Waals surface area contributed by atoms with Gasteiger partial charge in [0.1, 0.15) is 0 Å². The second-order valence-corrected chi connectivity index (χ2v) is 4.90. The maximum atomic E-state index is 9.66. The van der Waals surface area contributed by atoms with Crippen LogP contribution in [0.15, 0.2) is 0 Å². The molecule has 0 saturated heterocycles. The molecule has 4 unspecified atom stereocenters. The summed E-state index contributed by atoms with van der Waals surface area (Å²) in [5.74, 6) is 2.76. The van der Waals surface area contributed by atoms with Crippen molar-refractivity contribution >= 4 is 0 Å². The van der Waals surface area contributed by atoms with E-state index in [2.05, 4.69) is 0 Å². The molecule has 2 nitrogen and oxygen atoms in total. The molecule has 0 spiro atoms. The van der Waals surface area contributed by atoms with Gasteiger partial charge in [-0.1, -0.05) is 6.42 Å².